The molecule has 0 N–H and O–H groups in total. The highest BCUT2D eigenvalue weighted by Crippen LogP contribution is 2.28. The van der Waals surface area contributed by atoms with Crippen LogP contribution in [0.1, 0.15) is 17.5 Å². The number of aryl methyl sites for hydroxylation is 1. The van der Waals surface area contributed by atoms with Gasteiger partial charge in [-0.3, -0.25) is 0 Å². The molecule has 0 saturated heterocycles. The van der Waals surface area contributed by atoms with Gasteiger partial charge in [-0.15, -0.1) is 0 Å². The molecule has 0 fully saturated rings. The third-order valence-electron chi connectivity index (χ3n) is 2.97. The molecule has 1 atom stereocenters. The summed E-state index contributed by atoms with van der Waals surface area (Å²) in [6.07, 6.45) is 1.94. The Morgan fingerprint density at radius 3 is 2.88 bits per heavy atom. The molecule has 1 unspecified atom stereocenters. The maximum Gasteiger partial charge on any atom is 0.232 e. The van der Waals surface area contributed by atoms with E-state index in [-0.39, 0.29) is 17.5 Å². The van der Waals surface area contributed by atoms with Gasteiger partial charge < -0.3 is 0 Å². The van der Waals surface area contributed by atoms with Crippen LogP contribution in [0.4, 0.5) is 4.39 Å². The maximum absolute atomic E-state index is 13.5. The third-order valence-corrected chi connectivity index (χ3v) is 4.21. The molecule has 0 heterocycles. The van der Waals surface area contributed by atoms with Crippen LogP contribution in [0.25, 0.3) is 0 Å². The van der Waals surface area contributed by atoms with Crippen LogP contribution >= 0.6 is 10.7 Å². The molecule has 0 aromatic heterocycles. The van der Waals surface area contributed by atoms with Gasteiger partial charge in [-0.2, -0.15) is 0 Å². The van der Waals surface area contributed by atoms with E-state index in [1.807, 2.05) is 6.07 Å². The molecule has 5 heteroatoms. The lowest BCUT2D eigenvalue weighted by Crippen LogP contribution is -2.21. The van der Waals surface area contributed by atoms with E-state index in [0.29, 0.717) is 12.0 Å². The second-order valence-corrected chi connectivity index (χ2v) is 7.01. The molecule has 0 saturated carbocycles. The zero-order valence-corrected chi connectivity index (χ0v) is 10.2. The van der Waals surface area contributed by atoms with E-state index >= 15 is 0 Å². The second-order valence-electron chi connectivity index (χ2n) is 4.19. The zero-order chi connectivity index (χ0) is 11.8. The van der Waals surface area contributed by atoms with Crippen LogP contribution in [0.5, 0.6) is 0 Å². The Kier molecular flexibility index (Phi) is 3.22. The first-order valence-electron chi connectivity index (χ1n) is 5.14. The van der Waals surface area contributed by atoms with E-state index in [2.05, 4.69) is 0 Å². The fourth-order valence-corrected chi connectivity index (χ4v) is 3.62. The van der Waals surface area contributed by atoms with Crippen molar-refractivity contribution in [1.82, 2.24) is 0 Å². The molecule has 1 aliphatic carbocycles. The Morgan fingerprint density at radius 2 is 2.19 bits per heavy atom. The van der Waals surface area contributed by atoms with Crippen LogP contribution in [-0.4, -0.2) is 14.2 Å². The quantitative estimate of drug-likeness (QED) is 0.768. The third kappa shape index (κ3) is 2.74. The van der Waals surface area contributed by atoms with Gasteiger partial charge in [-0.1, -0.05) is 12.1 Å². The van der Waals surface area contributed by atoms with Gasteiger partial charge >= 0.3 is 0 Å². The maximum atomic E-state index is 13.5. The Morgan fingerprint density at radius 1 is 1.44 bits per heavy atom. The summed E-state index contributed by atoms with van der Waals surface area (Å²) in [5, 5.41) is 0. The van der Waals surface area contributed by atoms with Crippen molar-refractivity contribution < 1.29 is 12.8 Å². The highest BCUT2D eigenvalue weighted by atomic mass is 35.7. The lowest BCUT2D eigenvalue weighted by atomic mass is 9.85. The van der Waals surface area contributed by atoms with Gasteiger partial charge in [0.2, 0.25) is 9.05 Å². The fraction of sp³-hybridized carbons (Fsp3) is 0.455. The molecular formula is C11H12ClFO2S. The van der Waals surface area contributed by atoms with Crippen molar-refractivity contribution in [3.8, 4) is 0 Å². The summed E-state index contributed by atoms with van der Waals surface area (Å²) in [6, 6.07) is 4.99. The molecule has 0 aliphatic heterocycles. The minimum atomic E-state index is -3.49. The number of halogens is 2. The molecule has 2 rings (SSSR count). The molecule has 1 aromatic rings. The largest absolute Gasteiger partial charge is 0.232 e. The van der Waals surface area contributed by atoms with Crippen molar-refractivity contribution in [3.05, 3.63) is 35.1 Å². The van der Waals surface area contributed by atoms with Gasteiger partial charge in [0.1, 0.15) is 5.82 Å². The first kappa shape index (κ1) is 11.9. The SMILES string of the molecule is O=S(=O)(Cl)CC1CCc2cccc(F)c2C1. The van der Waals surface area contributed by atoms with Crippen molar-refractivity contribution >= 4 is 19.7 Å². The van der Waals surface area contributed by atoms with Crippen molar-refractivity contribution in [1.29, 1.82) is 0 Å². The minimum absolute atomic E-state index is 0.0631. The molecular weight excluding hydrogens is 251 g/mol. The van der Waals surface area contributed by atoms with E-state index in [0.717, 1.165) is 18.4 Å². The predicted octanol–water partition coefficient (Wildman–Crippen LogP) is 2.50. The molecule has 2 nitrogen and oxygen atoms in total. The Labute approximate surface area is 98.8 Å². The van der Waals surface area contributed by atoms with E-state index in [9.17, 15) is 12.8 Å². The van der Waals surface area contributed by atoms with Gasteiger partial charge in [0.15, 0.2) is 0 Å². The van der Waals surface area contributed by atoms with Gasteiger partial charge in [0.05, 0.1) is 5.75 Å². The molecule has 0 spiro atoms. The summed E-state index contributed by atoms with van der Waals surface area (Å²) >= 11 is 0. The van der Waals surface area contributed by atoms with Gasteiger partial charge in [-0.05, 0) is 42.4 Å². The molecule has 0 radical (unpaired) electrons. The summed E-state index contributed by atoms with van der Waals surface area (Å²) in [7, 11) is 1.72. The minimum Gasteiger partial charge on any atom is -0.212 e. The smallest absolute Gasteiger partial charge is 0.212 e. The van der Waals surface area contributed by atoms with Crippen LogP contribution in [0, 0.1) is 11.7 Å². The van der Waals surface area contributed by atoms with Crippen molar-refractivity contribution in [2.24, 2.45) is 5.92 Å². The Balaban J connectivity index is 2.20. The van der Waals surface area contributed by atoms with Crippen LogP contribution in [0.2, 0.25) is 0 Å². The van der Waals surface area contributed by atoms with Crippen molar-refractivity contribution in [3.63, 3.8) is 0 Å². The number of rotatable bonds is 2. The van der Waals surface area contributed by atoms with Crippen molar-refractivity contribution in [2.45, 2.75) is 19.3 Å². The van der Waals surface area contributed by atoms with Crippen LogP contribution in [-0.2, 0) is 21.9 Å². The highest BCUT2D eigenvalue weighted by Gasteiger charge is 2.24. The average molecular weight is 263 g/mol. The fourth-order valence-electron chi connectivity index (χ4n) is 2.24. The summed E-state index contributed by atoms with van der Waals surface area (Å²) in [5.74, 6) is -0.372. The predicted molar refractivity (Wildman–Crippen MR) is 61.6 cm³/mol. The van der Waals surface area contributed by atoms with Gasteiger partial charge in [0.25, 0.3) is 0 Å². The summed E-state index contributed by atoms with van der Waals surface area (Å²) in [6.45, 7) is 0. The van der Waals surface area contributed by atoms with E-state index in [4.69, 9.17) is 10.7 Å². The molecule has 1 aromatic carbocycles. The molecule has 0 bridgehead atoms. The highest BCUT2D eigenvalue weighted by molar-refractivity contribution is 8.13. The Hall–Kier alpha value is -0.610. The van der Waals surface area contributed by atoms with Crippen LogP contribution in [0.15, 0.2) is 18.2 Å². The summed E-state index contributed by atoms with van der Waals surface area (Å²) < 4.78 is 35.4. The topological polar surface area (TPSA) is 34.1 Å². The van der Waals surface area contributed by atoms with E-state index in [1.54, 1.807) is 6.07 Å². The zero-order valence-electron chi connectivity index (χ0n) is 8.62. The lowest BCUT2D eigenvalue weighted by Gasteiger charge is -2.23. The molecule has 0 amide bonds. The normalized spacial score (nSPS) is 20.5. The van der Waals surface area contributed by atoms with E-state index in [1.165, 1.54) is 6.07 Å². The molecule has 16 heavy (non-hydrogen) atoms. The first-order chi connectivity index (χ1) is 7.46. The number of benzene rings is 1. The lowest BCUT2D eigenvalue weighted by molar-refractivity contribution is 0.475. The van der Waals surface area contributed by atoms with Crippen molar-refractivity contribution in [2.75, 3.05) is 5.75 Å². The van der Waals surface area contributed by atoms with Gasteiger partial charge in [-0.25, -0.2) is 12.8 Å². The monoisotopic (exact) mass is 262 g/mol. The first-order valence-corrected chi connectivity index (χ1v) is 7.62. The second kappa shape index (κ2) is 4.34. The Bertz CT molecular complexity index is 499. The summed E-state index contributed by atoms with van der Waals surface area (Å²) in [4.78, 5) is 0. The number of hydrogen-bond donors (Lipinski definition) is 0. The number of hydrogen-bond acceptors (Lipinski definition) is 2. The molecule has 1 aliphatic rings. The number of fused-ring (bicyclic) bond motifs is 1. The average Bonchev–Trinajstić information content (AvgIpc) is 2.17. The summed E-state index contributed by atoms with van der Waals surface area (Å²) in [5.41, 5.74) is 1.64. The van der Waals surface area contributed by atoms with E-state index < -0.39 is 9.05 Å². The van der Waals surface area contributed by atoms with Crippen LogP contribution in [0.3, 0.4) is 0 Å². The standard InChI is InChI=1S/C11H12ClFO2S/c12-16(14,15)7-8-4-5-9-2-1-3-11(13)10(9)6-8/h1-3,8H,4-7H2. The molecule has 88 valence electrons. The van der Waals surface area contributed by atoms with Gasteiger partial charge in [0, 0.05) is 10.7 Å². The van der Waals surface area contributed by atoms with Crippen LogP contribution < -0.4 is 0 Å².